The van der Waals surface area contributed by atoms with Crippen LogP contribution in [0.1, 0.15) is 11.6 Å². The second-order valence-electron chi connectivity index (χ2n) is 4.14. The summed E-state index contributed by atoms with van der Waals surface area (Å²) >= 11 is 0. The van der Waals surface area contributed by atoms with Crippen LogP contribution in [0.5, 0.6) is 0 Å². The first-order chi connectivity index (χ1) is 8.16. The Morgan fingerprint density at radius 2 is 2.12 bits per heavy atom. The van der Waals surface area contributed by atoms with E-state index in [0.717, 1.165) is 5.56 Å². The van der Waals surface area contributed by atoms with Gasteiger partial charge < -0.3 is 10.2 Å². The van der Waals surface area contributed by atoms with Gasteiger partial charge in [0.2, 0.25) is 0 Å². The SMILES string of the molecule is CS(=O)CCN1CC(c2ccccc2)NC1=O. The van der Waals surface area contributed by atoms with Crippen LogP contribution in [-0.4, -0.2) is 40.2 Å². The molecule has 0 radical (unpaired) electrons. The van der Waals surface area contributed by atoms with E-state index in [1.165, 1.54) is 0 Å². The van der Waals surface area contributed by atoms with E-state index in [1.807, 2.05) is 30.3 Å². The van der Waals surface area contributed by atoms with Gasteiger partial charge >= 0.3 is 6.03 Å². The molecule has 2 rings (SSSR count). The van der Waals surface area contributed by atoms with Gasteiger partial charge in [0, 0.05) is 35.9 Å². The quantitative estimate of drug-likeness (QED) is 0.873. The highest BCUT2D eigenvalue weighted by atomic mass is 32.2. The molecule has 1 fully saturated rings. The van der Waals surface area contributed by atoms with E-state index < -0.39 is 10.8 Å². The summed E-state index contributed by atoms with van der Waals surface area (Å²) in [6.45, 7) is 1.21. The Morgan fingerprint density at radius 3 is 2.76 bits per heavy atom. The van der Waals surface area contributed by atoms with Crippen LogP contribution in [0.2, 0.25) is 0 Å². The van der Waals surface area contributed by atoms with Crippen molar-refractivity contribution in [2.24, 2.45) is 0 Å². The maximum Gasteiger partial charge on any atom is 0.318 e. The van der Waals surface area contributed by atoms with Crippen molar-refractivity contribution >= 4 is 16.8 Å². The van der Waals surface area contributed by atoms with Crippen molar-refractivity contribution in [1.82, 2.24) is 10.2 Å². The molecule has 5 heteroatoms. The molecule has 17 heavy (non-hydrogen) atoms. The van der Waals surface area contributed by atoms with Gasteiger partial charge in [-0.2, -0.15) is 0 Å². The Bertz CT molecular complexity index is 422. The summed E-state index contributed by atoms with van der Waals surface area (Å²) in [4.78, 5) is 13.4. The van der Waals surface area contributed by atoms with Crippen LogP contribution < -0.4 is 5.32 Å². The van der Waals surface area contributed by atoms with E-state index >= 15 is 0 Å². The van der Waals surface area contributed by atoms with Gasteiger partial charge in [-0.25, -0.2) is 4.79 Å². The molecule has 2 atom stereocenters. The molecule has 0 aliphatic carbocycles. The summed E-state index contributed by atoms with van der Waals surface area (Å²) in [5.74, 6) is 0.537. The lowest BCUT2D eigenvalue weighted by Gasteiger charge is -2.13. The Kier molecular flexibility index (Phi) is 3.78. The third-order valence-corrected chi connectivity index (χ3v) is 3.60. The number of nitrogens with one attached hydrogen (secondary N) is 1. The number of nitrogens with zero attached hydrogens (tertiary/aromatic N) is 1. The molecule has 1 aromatic carbocycles. The Balaban J connectivity index is 1.97. The number of carbonyl (C=O) groups is 1. The lowest BCUT2D eigenvalue weighted by atomic mass is 10.1. The van der Waals surface area contributed by atoms with Gasteiger partial charge in [0.1, 0.15) is 0 Å². The minimum Gasteiger partial charge on any atom is -0.329 e. The van der Waals surface area contributed by atoms with E-state index in [9.17, 15) is 9.00 Å². The van der Waals surface area contributed by atoms with E-state index in [2.05, 4.69) is 5.32 Å². The third-order valence-electron chi connectivity index (χ3n) is 2.84. The molecular formula is C12H16N2O2S. The summed E-state index contributed by atoms with van der Waals surface area (Å²) in [6.07, 6.45) is 1.66. The maximum atomic E-state index is 11.7. The first-order valence-corrected chi connectivity index (χ1v) is 7.30. The van der Waals surface area contributed by atoms with Crippen molar-refractivity contribution in [3.63, 3.8) is 0 Å². The number of carbonyl (C=O) groups excluding carboxylic acids is 1. The Hall–Kier alpha value is -1.36. The van der Waals surface area contributed by atoms with E-state index in [1.54, 1.807) is 11.2 Å². The Morgan fingerprint density at radius 1 is 1.41 bits per heavy atom. The number of hydrogen-bond donors (Lipinski definition) is 1. The van der Waals surface area contributed by atoms with Crippen LogP contribution in [0.4, 0.5) is 4.79 Å². The number of benzene rings is 1. The fourth-order valence-electron chi connectivity index (χ4n) is 1.89. The molecule has 1 aromatic rings. The molecule has 1 N–H and O–H groups in total. The smallest absolute Gasteiger partial charge is 0.318 e. The van der Waals surface area contributed by atoms with E-state index in [0.29, 0.717) is 18.8 Å². The van der Waals surface area contributed by atoms with Gasteiger partial charge in [-0.3, -0.25) is 4.21 Å². The molecule has 1 saturated heterocycles. The van der Waals surface area contributed by atoms with Crippen LogP contribution in [0, 0.1) is 0 Å². The molecule has 2 amide bonds. The van der Waals surface area contributed by atoms with Gasteiger partial charge in [-0.1, -0.05) is 30.3 Å². The molecule has 0 spiro atoms. The lowest BCUT2D eigenvalue weighted by molar-refractivity contribution is 0.220. The van der Waals surface area contributed by atoms with Gasteiger partial charge in [0.15, 0.2) is 0 Å². The minimum atomic E-state index is -0.854. The third kappa shape index (κ3) is 3.06. The molecule has 0 bridgehead atoms. The lowest BCUT2D eigenvalue weighted by Crippen LogP contribution is -2.31. The van der Waals surface area contributed by atoms with Crippen molar-refractivity contribution in [2.75, 3.05) is 25.1 Å². The number of urea groups is 1. The topological polar surface area (TPSA) is 49.4 Å². The van der Waals surface area contributed by atoms with Gasteiger partial charge in [-0.05, 0) is 5.56 Å². The molecule has 1 aliphatic rings. The summed E-state index contributed by atoms with van der Waals surface area (Å²) < 4.78 is 11.0. The highest BCUT2D eigenvalue weighted by Crippen LogP contribution is 2.19. The Labute approximate surface area is 103 Å². The van der Waals surface area contributed by atoms with Crippen LogP contribution in [-0.2, 0) is 10.8 Å². The fraction of sp³-hybridized carbons (Fsp3) is 0.417. The molecule has 4 nitrogen and oxygen atoms in total. The van der Waals surface area contributed by atoms with Crippen LogP contribution >= 0.6 is 0 Å². The van der Waals surface area contributed by atoms with Gasteiger partial charge in [0.05, 0.1) is 6.04 Å². The predicted molar refractivity (Wildman–Crippen MR) is 68.2 cm³/mol. The molecule has 0 aromatic heterocycles. The summed E-state index contributed by atoms with van der Waals surface area (Å²) in [5.41, 5.74) is 1.11. The number of amides is 2. The van der Waals surface area contributed by atoms with Crippen molar-refractivity contribution < 1.29 is 9.00 Å². The zero-order valence-electron chi connectivity index (χ0n) is 9.76. The molecule has 2 unspecified atom stereocenters. The first kappa shape index (κ1) is 12.1. The van der Waals surface area contributed by atoms with Crippen molar-refractivity contribution in [3.05, 3.63) is 35.9 Å². The zero-order valence-corrected chi connectivity index (χ0v) is 10.6. The average molecular weight is 252 g/mol. The predicted octanol–water partition coefficient (Wildman–Crippen LogP) is 1.13. The largest absolute Gasteiger partial charge is 0.329 e. The normalized spacial score (nSPS) is 21.4. The van der Waals surface area contributed by atoms with E-state index in [4.69, 9.17) is 0 Å². The zero-order chi connectivity index (χ0) is 12.3. The summed E-state index contributed by atoms with van der Waals surface area (Å²) in [7, 11) is -0.854. The highest BCUT2D eigenvalue weighted by molar-refractivity contribution is 7.84. The van der Waals surface area contributed by atoms with Crippen LogP contribution in [0.3, 0.4) is 0 Å². The van der Waals surface area contributed by atoms with Crippen LogP contribution in [0.15, 0.2) is 30.3 Å². The minimum absolute atomic E-state index is 0.0500. The first-order valence-electron chi connectivity index (χ1n) is 5.57. The molecule has 1 aliphatic heterocycles. The molecule has 1 heterocycles. The average Bonchev–Trinajstić information content (AvgIpc) is 2.69. The van der Waals surface area contributed by atoms with Crippen LogP contribution in [0.25, 0.3) is 0 Å². The second kappa shape index (κ2) is 5.31. The van der Waals surface area contributed by atoms with Crippen molar-refractivity contribution in [3.8, 4) is 0 Å². The monoisotopic (exact) mass is 252 g/mol. The van der Waals surface area contributed by atoms with Crippen molar-refractivity contribution in [1.29, 1.82) is 0 Å². The molecule has 0 saturated carbocycles. The summed E-state index contributed by atoms with van der Waals surface area (Å²) in [6, 6.07) is 9.88. The van der Waals surface area contributed by atoms with Crippen molar-refractivity contribution in [2.45, 2.75) is 6.04 Å². The van der Waals surface area contributed by atoms with E-state index in [-0.39, 0.29) is 12.1 Å². The standard InChI is InChI=1S/C12H16N2O2S/c1-17(16)8-7-14-9-11(13-12(14)15)10-5-3-2-4-6-10/h2-6,11H,7-9H2,1H3,(H,13,15). The molecular weight excluding hydrogens is 236 g/mol. The fourth-order valence-corrected chi connectivity index (χ4v) is 2.37. The van der Waals surface area contributed by atoms with Gasteiger partial charge in [0.25, 0.3) is 0 Å². The second-order valence-corrected chi connectivity index (χ2v) is 5.69. The summed E-state index contributed by atoms with van der Waals surface area (Å²) in [5, 5.41) is 2.93. The van der Waals surface area contributed by atoms with Gasteiger partial charge in [-0.15, -0.1) is 0 Å². The number of rotatable bonds is 4. The maximum absolute atomic E-state index is 11.7. The highest BCUT2D eigenvalue weighted by Gasteiger charge is 2.29. The number of hydrogen-bond acceptors (Lipinski definition) is 2. The molecule has 92 valence electrons.